The SMILES string of the molecule is CCCCc1oc2ccccc2c1CNCCC1CCC1. The van der Waals surface area contributed by atoms with E-state index in [1.165, 1.54) is 55.2 Å². The molecule has 1 fully saturated rings. The van der Waals surface area contributed by atoms with Gasteiger partial charge in [0.25, 0.3) is 0 Å². The molecule has 0 saturated heterocycles. The van der Waals surface area contributed by atoms with Crippen LogP contribution < -0.4 is 5.32 Å². The lowest BCUT2D eigenvalue weighted by Crippen LogP contribution is -2.21. The van der Waals surface area contributed by atoms with Gasteiger partial charge in [-0.2, -0.15) is 0 Å². The third kappa shape index (κ3) is 3.49. The molecule has 1 aromatic heterocycles. The highest BCUT2D eigenvalue weighted by Crippen LogP contribution is 2.29. The minimum atomic E-state index is 0.947. The molecule has 0 aliphatic heterocycles. The van der Waals surface area contributed by atoms with Crippen molar-refractivity contribution in [2.45, 2.75) is 58.4 Å². The molecular weight excluding hydrogens is 258 g/mol. The summed E-state index contributed by atoms with van der Waals surface area (Å²) >= 11 is 0. The maximum Gasteiger partial charge on any atom is 0.134 e. The van der Waals surface area contributed by atoms with E-state index < -0.39 is 0 Å². The van der Waals surface area contributed by atoms with Crippen molar-refractivity contribution in [3.05, 3.63) is 35.6 Å². The largest absolute Gasteiger partial charge is 0.461 e. The first-order valence-corrected chi connectivity index (χ1v) is 8.58. The second-order valence-corrected chi connectivity index (χ2v) is 6.37. The minimum absolute atomic E-state index is 0.947. The summed E-state index contributed by atoms with van der Waals surface area (Å²) in [6, 6.07) is 8.45. The van der Waals surface area contributed by atoms with E-state index in [4.69, 9.17) is 4.42 Å². The first-order valence-electron chi connectivity index (χ1n) is 8.58. The van der Waals surface area contributed by atoms with Crippen LogP contribution in [0, 0.1) is 5.92 Å². The van der Waals surface area contributed by atoms with Crippen molar-refractivity contribution in [2.75, 3.05) is 6.54 Å². The molecule has 1 saturated carbocycles. The molecule has 0 spiro atoms. The second-order valence-electron chi connectivity index (χ2n) is 6.37. The van der Waals surface area contributed by atoms with Gasteiger partial charge >= 0.3 is 0 Å². The van der Waals surface area contributed by atoms with Crippen LogP contribution in [0.3, 0.4) is 0 Å². The van der Waals surface area contributed by atoms with Crippen LogP contribution >= 0.6 is 0 Å². The first-order chi connectivity index (χ1) is 10.4. The normalized spacial score (nSPS) is 15.5. The Kier molecular flexibility index (Phi) is 4.97. The summed E-state index contributed by atoms with van der Waals surface area (Å²) in [4.78, 5) is 0. The average molecular weight is 285 g/mol. The molecule has 0 unspecified atom stereocenters. The van der Waals surface area contributed by atoms with Gasteiger partial charge in [-0.25, -0.2) is 0 Å². The van der Waals surface area contributed by atoms with Gasteiger partial charge in [-0.3, -0.25) is 0 Å². The van der Waals surface area contributed by atoms with E-state index in [1.54, 1.807) is 0 Å². The molecule has 1 aromatic carbocycles. The molecule has 1 heterocycles. The number of fused-ring (bicyclic) bond motifs is 1. The smallest absolute Gasteiger partial charge is 0.134 e. The second kappa shape index (κ2) is 7.13. The molecule has 0 radical (unpaired) electrons. The predicted octanol–water partition coefficient (Wildman–Crippen LogP) is 5.06. The quantitative estimate of drug-likeness (QED) is 0.686. The van der Waals surface area contributed by atoms with Gasteiger partial charge in [0.15, 0.2) is 0 Å². The summed E-state index contributed by atoms with van der Waals surface area (Å²) < 4.78 is 6.07. The minimum Gasteiger partial charge on any atom is -0.461 e. The molecule has 0 amide bonds. The van der Waals surface area contributed by atoms with Crippen molar-refractivity contribution in [1.82, 2.24) is 5.32 Å². The van der Waals surface area contributed by atoms with Gasteiger partial charge in [-0.15, -0.1) is 0 Å². The van der Waals surface area contributed by atoms with Crippen molar-refractivity contribution in [3.63, 3.8) is 0 Å². The number of hydrogen-bond donors (Lipinski definition) is 1. The van der Waals surface area contributed by atoms with Gasteiger partial charge in [-0.05, 0) is 31.4 Å². The number of unbranched alkanes of at least 4 members (excludes halogenated alkanes) is 1. The number of para-hydroxylation sites is 1. The van der Waals surface area contributed by atoms with Crippen molar-refractivity contribution in [3.8, 4) is 0 Å². The van der Waals surface area contributed by atoms with Crippen molar-refractivity contribution < 1.29 is 4.42 Å². The third-order valence-electron chi connectivity index (χ3n) is 4.80. The highest BCUT2D eigenvalue weighted by molar-refractivity contribution is 5.82. The molecule has 114 valence electrons. The van der Waals surface area contributed by atoms with Crippen LogP contribution in [0.25, 0.3) is 11.0 Å². The molecule has 21 heavy (non-hydrogen) atoms. The molecule has 0 bridgehead atoms. The standard InChI is InChI=1S/C19H27NO/c1-2-3-10-19-17(14-20-13-12-15-7-6-8-15)16-9-4-5-11-18(16)21-19/h4-5,9,11,15,20H,2-3,6-8,10,12-14H2,1H3. The van der Waals surface area contributed by atoms with Gasteiger partial charge < -0.3 is 9.73 Å². The summed E-state index contributed by atoms with van der Waals surface area (Å²) in [5.74, 6) is 2.17. The predicted molar refractivity (Wildman–Crippen MR) is 88.5 cm³/mol. The zero-order valence-corrected chi connectivity index (χ0v) is 13.2. The molecule has 2 heteroatoms. The molecule has 2 nitrogen and oxygen atoms in total. The Balaban J connectivity index is 1.65. The molecule has 2 aromatic rings. The van der Waals surface area contributed by atoms with E-state index in [2.05, 4.69) is 36.5 Å². The van der Waals surface area contributed by atoms with E-state index in [0.29, 0.717) is 0 Å². The fraction of sp³-hybridized carbons (Fsp3) is 0.579. The van der Waals surface area contributed by atoms with Gasteiger partial charge in [0.2, 0.25) is 0 Å². The maximum absolute atomic E-state index is 6.07. The summed E-state index contributed by atoms with van der Waals surface area (Å²) in [7, 11) is 0. The fourth-order valence-electron chi connectivity index (χ4n) is 3.18. The number of rotatable bonds is 8. The van der Waals surface area contributed by atoms with Gasteiger partial charge in [0.05, 0.1) is 0 Å². The topological polar surface area (TPSA) is 25.2 Å². The summed E-state index contributed by atoms with van der Waals surface area (Å²) in [6.45, 7) is 4.32. The van der Waals surface area contributed by atoms with Crippen LogP contribution in [-0.2, 0) is 13.0 Å². The third-order valence-corrected chi connectivity index (χ3v) is 4.80. The van der Waals surface area contributed by atoms with E-state index in [1.807, 2.05) is 0 Å². The Morgan fingerprint density at radius 2 is 2.10 bits per heavy atom. The van der Waals surface area contributed by atoms with Gasteiger partial charge in [0.1, 0.15) is 11.3 Å². The van der Waals surface area contributed by atoms with Crippen LogP contribution in [0.5, 0.6) is 0 Å². The van der Waals surface area contributed by atoms with E-state index in [-0.39, 0.29) is 0 Å². The van der Waals surface area contributed by atoms with Crippen LogP contribution in [0.15, 0.2) is 28.7 Å². The molecule has 1 aliphatic carbocycles. The number of aryl methyl sites for hydroxylation is 1. The number of furan rings is 1. The summed E-state index contributed by atoms with van der Waals surface area (Å²) in [6.07, 6.45) is 9.14. The van der Waals surface area contributed by atoms with Crippen LogP contribution in [-0.4, -0.2) is 6.54 Å². The zero-order valence-electron chi connectivity index (χ0n) is 13.2. The maximum atomic E-state index is 6.07. The molecule has 3 rings (SSSR count). The monoisotopic (exact) mass is 285 g/mol. The highest BCUT2D eigenvalue weighted by Gasteiger charge is 2.17. The van der Waals surface area contributed by atoms with E-state index >= 15 is 0 Å². The highest BCUT2D eigenvalue weighted by atomic mass is 16.3. The van der Waals surface area contributed by atoms with E-state index in [0.717, 1.165) is 31.0 Å². The number of hydrogen-bond acceptors (Lipinski definition) is 2. The van der Waals surface area contributed by atoms with Crippen LogP contribution in [0.2, 0.25) is 0 Å². The van der Waals surface area contributed by atoms with Crippen LogP contribution in [0.1, 0.15) is 56.8 Å². The lowest BCUT2D eigenvalue weighted by molar-refractivity contribution is 0.292. The van der Waals surface area contributed by atoms with Gasteiger partial charge in [0, 0.05) is 23.9 Å². The van der Waals surface area contributed by atoms with Crippen LogP contribution in [0.4, 0.5) is 0 Å². The Morgan fingerprint density at radius 1 is 1.24 bits per heavy atom. The fourth-order valence-corrected chi connectivity index (χ4v) is 3.18. The van der Waals surface area contributed by atoms with Crippen molar-refractivity contribution in [1.29, 1.82) is 0 Å². The van der Waals surface area contributed by atoms with Crippen molar-refractivity contribution >= 4 is 11.0 Å². The molecule has 1 aliphatic rings. The molecule has 1 N–H and O–H groups in total. The van der Waals surface area contributed by atoms with Crippen molar-refractivity contribution in [2.24, 2.45) is 5.92 Å². The lowest BCUT2D eigenvalue weighted by atomic mass is 9.83. The van der Waals surface area contributed by atoms with E-state index in [9.17, 15) is 0 Å². The average Bonchev–Trinajstić information content (AvgIpc) is 2.81. The molecular formula is C19H27NO. The Labute approximate surface area is 127 Å². The first kappa shape index (κ1) is 14.6. The molecule has 0 atom stereocenters. The zero-order chi connectivity index (χ0) is 14.5. The summed E-state index contributed by atoms with van der Waals surface area (Å²) in [5.41, 5.74) is 2.42. The lowest BCUT2D eigenvalue weighted by Gasteiger charge is -2.25. The Morgan fingerprint density at radius 3 is 2.86 bits per heavy atom. The van der Waals surface area contributed by atoms with Gasteiger partial charge in [-0.1, -0.05) is 50.8 Å². The Bertz CT molecular complexity index is 568. The summed E-state index contributed by atoms with van der Waals surface area (Å²) in [5, 5.41) is 4.93. The number of nitrogens with one attached hydrogen (secondary N) is 1. The number of benzene rings is 1. The Hall–Kier alpha value is -1.28.